The Morgan fingerprint density at radius 2 is 0.870 bits per heavy atom. The van der Waals surface area contributed by atoms with Gasteiger partial charge in [0.15, 0.2) is 0 Å². The lowest BCUT2D eigenvalue weighted by Crippen LogP contribution is -2.10. The van der Waals surface area contributed by atoms with Crippen molar-refractivity contribution in [2.75, 3.05) is 4.90 Å². The summed E-state index contributed by atoms with van der Waals surface area (Å²) in [7, 11) is 0. The van der Waals surface area contributed by atoms with Crippen LogP contribution >= 0.6 is 0 Å². The van der Waals surface area contributed by atoms with Crippen molar-refractivity contribution in [3.05, 3.63) is 218 Å². The normalized spacial score (nSPS) is 11.3. The summed E-state index contributed by atoms with van der Waals surface area (Å²) in [6.45, 7) is 0. The third-order valence-electron chi connectivity index (χ3n) is 10.6. The molecule has 0 N–H and O–H groups in total. The molecule has 9 aromatic carbocycles. The zero-order valence-electron chi connectivity index (χ0n) is 29.7. The van der Waals surface area contributed by atoms with Crippen LogP contribution in [0.4, 0.5) is 17.1 Å². The molecule has 1 aromatic heterocycles. The highest BCUT2D eigenvalue weighted by molar-refractivity contribution is 6.08. The number of anilines is 3. The molecule has 0 aliphatic rings. The molecule has 0 amide bonds. The van der Waals surface area contributed by atoms with Crippen LogP contribution in [0.2, 0.25) is 0 Å². The second-order valence-electron chi connectivity index (χ2n) is 13.7. The van der Waals surface area contributed by atoms with E-state index in [1.54, 1.807) is 0 Å². The van der Waals surface area contributed by atoms with E-state index in [4.69, 9.17) is 0 Å². The topological polar surface area (TPSA) is 8.17 Å². The molecule has 254 valence electrons. The first-order valence-electron chi connectivity index (χ1n) is 18.5. The van der Waals surface area contributed by atoms with Gasteiger partial charge < -0.3 is 9.47 Å². The number of para-hydroxylation sites is 1. The third kappa shape index (κ3) is 5.44. The van der Waals surface area contributed by atoms with Crippen LogP contribution in [0, 0.1) is 0 Å². The van der Waals surface area contributed by atoms with E-state index in [-0.39, 0.29) is 0 Å². The van der Waals surface area contributed by atoms with Crippen LogP contribution in [0.5, 0.6) is 0 Å². The van der Waals surface area contributed by atoms with Gasteiger partial charge in [-0.15, -0.1) is 0 Å². The van der Waals surface area contributed by atoms with Crippen molar-refractivity contribution >= 4 is 49.5 Å². The van der Waals surface area contributed by atoms with Crippen LogP contribution in [-0.2, 0) is 0 Å². The molecule has 0 spiro atoms. The van der Waals surface area contributed by atoms with Gasteiger partial charge in [0, 0.05) is 33.1 Å². The molecule has 10 rings (SSSR count). The van der Waals surface area contributed by atoms with Gasteiger partial charge in [-0.1, -0.05) is 170 Å². The first kappa shape index (κ1) is 31.6. The van der Waals surface area contributed by atoms with Crippen molar-refractivity contribution in [2.24, 2.45) is 0 Å². The van der Waals surface area contributed by atoms with Gasteiger partial charge in [-0.25, -0.2) is 0 Å². The van der Waals surface area contributed by atoms with Crippen LogP contribution < -0.4 is 4.90 Å². The number of hydrogen-bond donors (Lipinski definition) is 0. The molecule has 0 saturated heterocycles. The first-order chi connectivity index (χ1) is 26.8. The van der Waals surface area contributed by atoms with Crippen LogP contribution in [0.3, 0.4) is 0 Å². The summed E-state index contributed by atoms with van der Waals surface area (Å²) < 4.78 is 2.48. The third-order valence-corrected chi connectivity index (χ3v) is 10.6. The highest BCUT2D eigenvalue weighted by atomic mass is 15.1. The molecule has 0 aliphatic heterocycles. The number of hydrogen-bond acceptors (Lipinski definition) is 1. The van der Waals surface area contributed by atoms with Gasteiger partial charge in [-0.3, -0.25) is 0 Å². The van der Waals surface area contributed by atoms with Gasteiger partial charge in [0.2, 0.25) is 0 Å². The standard InChI is InChI=1S/C52H36N2/c1-4-18-40(19-5-1)51-47-36-42(32-35-50(47)54(52(51)41-20-6-2-7-21-41)49-29-15-23-39-17-11-13-27-46(39)49)37-30-33-44(34-31-37)53(43-24-8-3-9-25-43)48-28-14-22-38-16-10-12-26-45(38)48/h1-36H. The second-order valence-corrected chi connectivity index (χ2v) is 13.7. The van der Waals surface area contributed by atoms with Crippen LogP contribution in [0.15, 0.2) is 218 Å². The number of nitrogens with zero attached hydrogens (tertiary/aromatic N) is 2. The minimum atomic E-state index is 1.11. The van der Waals surface area contributed by atoms with Gasteiger partial charge >= 0.3 is 0 Å². The molecule has 0 atom stereocenters. The summed E-state index contributed by atoms with van der Waals surface area (Å²) in [4.78, 5) is 2.36. The Labute approximate surface area is 315 Å². The fourth-order valence-electron chi connectivity index (χ4n) is 8.10. The van der Waals surface area contributed by atoms with Crippen LogP contribution in [0.1, 0.15) is 0 Å². The summed E-state index contributed by atoms with van der Waals surface area (Å²) in [6.07, 6.45) is 0. The summed E-state index contributed by atoms with van der Waals surface area (Å²) >= 11 is 0. The van der Waals surface area contributed by atoms with Crippen molar-refractivity contribution in [1.82, 2.24) is 4.57 Å². The molecule has 2 nitrogen and oxygen atoms in total. The molecule has 10 aromatic rings. The monoisotopic (exact) mass is 688 g/mol. The van der Waals surface area contributed by atoms with E-state index in [0.29, 0.717) is 0 Å². The zero-order valence-corrected chi connectivity index (χ0v) is 29.7. The highest BCUT2D eigenvalue weighted by Gasteiger charge is 2.23. The molecule has 54 heavy (non-hydrogen) atoms. The predicted molar refractivity (Wildman–Crippen MR) is 229 cm³/mol. The average molecular weight is 689 g/mol. The van der Waals surface area contributed by atoms with E-state index in [0.717, 1.165) is 17.1 Å². The maximum absolute atomic E-state index is 2.48. The van der Waals surface area contributed by atoms with Gasteiger partial charge in [0.25, 0.3) is 0 Å². The molecule has 0 radical (unpaired) electrons. The highest BCUT2D eigenvalue weighted by Crippen LogP contribution is 2.45. The Kier molecular flexibility index (Phi) is 7.85. The SMILES string of the molecule is c1ccc(-c2c(-c3ccccc3)n(-c3cccc4ccccc34)c3ccc(-c4ccc(N(c5ccccc5)c5cccc6ccccc56)cc4)cc23)cc1. The lowest BCUT2D eigenvalue weighted by Gasteiger charge is -2.27. The Balaban J connectivity index is 1.17. The molecule has 0 aliphatic carbocycles. The molecule has 2 heteroatoms. The van der Waals surface area contributed by atoms with Gasteiger partial charge in [0.1, 0.15) is 0 Å². The predicted octanol–water partition coefficient (Wildman–Crippen LogP) is 14.4. The largest absolute Gasteiger partial charge is 0.310 e. The maximum atomic E-state index is 2.48. The van der Waals surface area contributed by atoms with Crippen molar-refractivity contribution in [3.63, 3.8) is 0 Å². The van der Waals surface area contributed by atoms with E-state index in [9.17, 15) is 0 Å². The van der Waals surface area contributed by atoms with Crippen LogP contribution in [-0.4, -0.2) is 4.57 Å². The summed E-state index contributed by atoms with van der Waals surface area (Å²) in [5, 5.41) is 6.11. The van der Waals surface area contributed by atoms with Gasteiger partial charge in [0.05, 0.1) is 22.6 Å². The Hall–Kier alpha value is -7.16. The average Bonchev–Trinajstić information content (AvgIpc) is 3.59. The van der Waals surface area contributed by atoms with Gasteiger partial charge in [-0.05, 0) is 81.6 Å². The minimum Gasteiger partial charge on any atom is -0.310 e. The van der Waals surface area contributed by atoms with Crippen molar-refractivity contribution in [3.8, 4) is 39.2 Å². The molecular weight excluding hydrogens is 653 g/mol. The van der Waals surface area contributed by atoms with E-state index < -0.39 is 0 Å². The number of rotatable bonds is 7. The molecule has 1 heterocycles. The van der Waals surface area contributed by atoms with Gasteiger partial charge in [-0.2, -0.15) is 0 Å². The van der Waals surface area contributed by atoms with Crippen molar-refractivity contribution in [1.29, 1.82) is 0 Å². The summed E-state index contributed by atoms with van der Waals surface area (Å²) in [5.74, 6) is 0. The minimum absolute atomic E-state index is 1.11. The molecular formula is C52H36N2. The molecule has 0 fully saturated rings. The number of fused-ring (bicyclic) bond motifs is 3. The Bertz CT molecular complexity index is 2900. The molecule has 0 unspecified atom stereocenters. The first-order valence-corrected chi connectivity index (χ1v) is 18.5. The second kappa shape index (κ2) is 13.4. The fraction of sp³-hybridized carbons (Fsp3) is 0. The quantitative estimate of drug-likeness (QED) is 0.162. The van der Waals surface area contributed by atoms with Crippen molar-refractivity contribution in [2.45, 2.75) is 0 Å². The lowest BCUT2D eigenvalue weighted by atomic mass is 9.96. The molecule has 0 saturated carbocycles. The number of aromatic nitrogens is 1. The fourth-order valence-corrected chi connectivity index (χ4v) is 8.10. The summed E-state index contributed by atoms with van der Waals surface area (Å²) in [6, 6.07) is 78.8. The Morgan fingerprint density at radius 1 is 0.333 bits per heavy atom. The summed E-state index contributed by atoms with van der Waals surface area (Å²) in [5.41, 5.74) is 12.9. The number of benzene rings is 9. The van der Waals surface area contributed by atoms with E-state index in [2.05, 4.69) is 228 Å². The zero-order chi connectivity index (χ0) is 35.8. The van der Waals surface area contributed by atoms with Crippen LogP contribution in [0.25, 0.3) is 71.6 Å². The lowest BCUT2D eigenvalue weighted by molar-refractivity contribution is 1.15. The van der Waals surface area contributed by atoms with E-state index in [1.807, 2.05) is 0 Å². The van der Waals surface area contributed by atoms with E-state index in [1.165, 1.54) is 71.6 Å². The molecule has 0 bridgehead atoms. The maximum Gasteiger partial charge on any atom is 0.0619 e. The Morgan fingerprint density at radius 3 is 1.59 bits per heavy atom. The van der Waals surface area contributed by atoms with E-state index >= 15 is 0 Å². The van der Waals surface area contributed by atoms with Crippen molar-refractivity contribution < 1.29 is 0 Å². The smallest absolute Gasteiger partial charge is 0.0619 e.